The van der Waals surface area contributed by atoms with Crippen LogP contribution in [0.4, 0.5) is 4.39 Å². The van der Waals surface area contributed by atoms with Gasteiger partial charge in [-0.2, -0.15) is 4.39 Å². The molecule has 0 spiro atoms. The van der Waals surface area contributed by atoms with E-state index in [9.17, 15) is 4.39 Å². The van der Waals surface area contributed by atoms with E-state index >= 15 is 0 Å². The second-order valence-electron chi connectivity index (χ2n) is 3.07. The van der Waals surface area contributed by atoms with Crippen molar-refractivity contribution in [1.82, 2.24) is 4.98 Å². The van der Waals surface area contributed by atoms with Crippen LogP contribution >= 0.6 is 31.9 Å². The van der Waals surface area contributed by atoms with Crippen molar-refractivity contribution >= 4 is 42.8 Å². The number of rotatable bonds is 0. The van der Waals surface area contributed by atoms with E-state index < -0.39 is 5.95 Å². The lowest BCUT2D eigenvalue weighted by molar-refractivity contribution is 0.588. The third kappa shape index (κ3) is 1.68. The Bertz CT molecular complexity index is 464. The Morgan fingerprint density at radius 3 is 2.57 bits per heavy atom. The first-order valence-corrected chi connectivity index (χ1v) is 5.58. The third-order valence-electron chi connectivity index (χ3n) is 1.93. The van der Waals surface area contributed by atoms with Crippen LogP contribution in [-0.2, 0) is 0 Å². The zero-order valence-electron chi connectivity index (χ0n) is 7.31. The molecule has 14 heavy (non-hydrogen) atoms. The summed E-state index contributed by atoms with van der Waals surface area (Å²) in [4.78, 5) is 3.83. The highest BCUT2D eigenvalue weighted by Crippen LogP contribution is 2.29. The van der Waals surface area contributed by atoms with Crippen molar-refractivity contribution in [2.24, 2.45) is 0 Å². The molecule has 0 unspecified atom stereocenters. The van der Waals surface area contributed by atoms with Crippen molar-refractivity contribution in [3.63, 3.8) is 0 Å². The average Bonchev–Trinajstić information content (AvgIpc) is 2.07. The van der Waals surface area contributed by atoms with Crippen molar-refractivity contribution in [3.05, 3.63) is 38.7 Å². The minimum absolute atomic E-state index is 0.478. The minimum atomic E-state index is -0.478. The van der Waals surface area contributed by atoms with Gasteiger partial charge < -0.3 is 0 Å². The lowest BCUT2D eigenvalue weighted by atomic mass is 10.1. The fourth-order valence-corrected chi connectivity index (χ4v) is 2.51. The fraction of sp³-hybridized carbons (Fsp3) is 0.100. The molecule has 0 aliphatic rings. The summed E-state index contributed by atoms with van der Waals surface area (Å²) in [6.07, 6.45) is 0. The number of aryl methyl sites for hydroxylation is 1. The Balaban J connectivity index is 2.94. The molecule has 0 aliphatic heterocycles. The Morgan fingerprint density at radius 1 is 1.14 bits per heavy atom. The van der Waals surface area contributed by atoms with Gasteiger partial charge in [0.2, 0.25) is 5.95 Å². The summed E-state index contributed by atoms with van der Waals surface area (Å²) in [6.45, 7) is 1.99. The standard InChI is InChI=1S/C10H6Br2FN/c1-5-2-6-7(11)4-9(13)14-10(6)8(12)3-5/h2-4H,1H3. The van der Waals surface area contributed by atoms with Gasteiger partial charge in [0.15, 0.2) is 0 Å². The third-order valence-corrected chi connectivity index (χ3v) is 3.19. The van der Waals surface area contributed by atoms with Crippen molar-refractivity contribution in [1.29, 1.82) is 0 Å². The maximum Gasteiger partial charge on any atom is 0.214 e. The van der Waals surface area contributed by atoms with Crippen LogP contribution in [0.25, 0.3) is 10.9 Å². The molecular weight excluding hydrogens is 313 g/mol. The molecule has 1 aromatic carbocycles. The molecule has 0 saturated heterocycles. The Hall–Kier alpha value is -0.480. The largest absolute Gasteiger partial charge is 0.218 e. The van der Waals surface area contributed by atoms with E-state index in [1.165, 1.54) is 6.07 Å². The van der Waals surface area contributed by atoms with Crippen LogP contribution in [0.2, 0.25) is 0 Å². The second-order valence-corrected chi connectivity index (χ2v) is 4.78. The van der Waals surface area contributed by atoms with Crippen LogP contribution in [0.3, 0.4) is 0 Å². The van der Waals surface area contributed by atoms with Gasteiger partial charge in [-0.25, -0.2) is 4.98 Å². The quantitative estimate of drug-likeness (QED) is 0.663. The topological polar surface area (TPSA) is 12.9 Å². The molecule has 4 heteroatoms. The zero-order chi connectivity index (χ0) is 10.3. The van der Waals surface area contributed by atoms with Gasteiger partial charge in [-0.05, 0) is 56.5 Å². The van der Waals surface area contributed by atoms with Crippen LogP contribution in [-0.4, -0.2) is 4.98 Å². The van der Waals surface area contributed by atoms with E-state index in [2.05, 4.69) is 36.8 Å². The molecule has 0 radical (unpaired) electrons. The molecule has 1 aromatic heterocycles. The normalized spacial score (nSPS) is 10.9. The molecule has 0 bridgehead atoms. The van der Waals surface area contributed by atoms with Crippen LogP contribution in [0, 0.1) is 12.9 Å². The van der Waals surface area contributed by atoms with Crippen LogP contribution in [0.5, 0.6) is 0 Å². The van der Waals surface area contributed by atoms with Gasteiger partial charge in [-0.3, -0.25) is 0 Å². The number of aromatic nitrogens is 1. The molecule has 0 saturated carbocycles. The number of fused-ring (bicyclic) bond motifs is 1. The summed E-state index contributed by atoms with van der Waals surface area (Å²) in [7, 11) is 0. The van der Waals surface area contributed by atoms with Gasteiger partial charge in [0.1, 0.15) is 0 Å². The first-order chi connectivity index (χ1) is 6.58. The number of halogens is 3. The summed E-state index contributed by atoms with van der Waals surface area (Å²) >= 11 is 6.68. The summed E-state index contributed by atoms with van der Waals surface area (Å²) in [5.41, 5.74) is 1.75. The number of benzene rings is 1. The minimum Gasteiger partial charge on any atom is -0.218 e. The number of hydrogen-bond donors (Lipinski definition) is 0. The molecular formula is C10H6Br2FN. The molecule has 0 amide bonds. The number of hydrogen-bond acceptors (Lipinski definition) is 1. The molecule has 2 aromatic rings. The van der Waals surface area contributed by atoms with Crippen molar-refractivity contribution in [3.8, 4) is 0 Å². The van der Waals surface area contributed by atoms with Gasteiger partial charge in [0, 0.05) is 20.4 Å². The van der Waals surface area contributed by atoms with Gasteiger partial charge in [0.25, 0.3) is 0 Å². The van der Waals surface area contributed by atoms with Crippen molar-refractivity contribution in [2.45, 2.75) is 6.92 Å². The molecule has 0 N–H and O–H groups in total. The van der Waals surface area contributed by atoms with Gasteiger partial charge in [-0.1, -0.05) is 0 Å². The summed E-state index contributed by atoms with van der Waals surface area (Å²) in [6, 6.07) is 5.26. The van der Waals surface area contributed by atoms with Crippen LogP contribution in [0.1, 0.15) is 5.56 Å². The van der Waals surface area contributed by atoms with Crippen LogP contribution < -0.4 is 0 Å². The molecule has 1 nitrogen and oxygen atoms in total. The Morgan fingerprint density at radius 2 is 1.86 bits per heavy atom. The van der Waals surface area contributed by atoms with Gasteiger partial charge >= 0.3 is 0 Å². The van der Waals surface area contributed by atoms with Gasteiger partial charge in [-0.15, -0.1) is 0 Å². The monoisotopic (exact) mass is 317 g/mol. The van der Waals surface area contributed by atoms with Crippen LogP contribution in [0.15, 0.2) is 27.1 Å². The lowest BCUT2D eigenvalue weighted by Gasteiger charge is -2.04. The zero-order valence-corrected chi connectivity index (χ0v) is 10.5. The maximum atomic E-state index is 13.0. The summed E-state index contributed by atoms with van der Waals surface area (Å²) < 4.78 is 14.6. The van der Waals surface area contributed by atoms with E-state index in [0.717, 1.165) is 19.9 Å². The van der Waals surface area contributed by atoms with Crippen molar-refractivity contribution in [2.75, 3.05) is 0 Å². The molecule has 0 fully saturated rings. The molecule has 1 heterocycles. The number of nitrogens with zero attached hydrogens (tertiary/aromatic N) is 1. The summed E-state index contributed by atoms with van der Waals surface area (Å²) in [5, 5.41) is 0.915. The summed E-state index contributed by atoms with van der Waals surface area (Å²) in [5.74, 6) is -0.478. The second kappa shape index (κ2) is 3.59. The first kappa shape index (κ1) is 10.1. The number of pyridine rings is 1. The fourth-order valence-electron chi connectivity index (χ4n) is 1.35. The SMILES string of the molecule is Cc1cc(Br)c2nc(F)cc(Br)c2c1. The Labute approximate surface area is 97.6 Å². The smallest absolute Gasteiger partial charge is 0.214 e. The average molecular weight is 319 g/mol. The molecule has 0 aliphatic carbocycles. The highest BCUT2D eigenvalue weighted by Gasteiger charge is 2.07. The van der Waals surface area contributed by atoms with E-state index in [4.69, 9.17) is 0 Å². The van der Waals surface area contributed by atoms with Gasteiger partial charge in [0.05, 0.1) is 5.52 Å². The highest BCUT2D eigenvalue weighted by atomic mass is 79.9. The molecule has 72 valence electrons. The van der Waals surface area contributed by atoms with E-state index in [1.54, 1.807) is 0 Å². The van der Waals surface area contributed by atoms with E-state index in [1.807, 2.05) is 19.1 Å². The predicted molar refractivity (Wildman–Crippen MR) is 61.8 cm³/mol. The van der Waals surface area contributed by atoms with Crippen molar-refractivity contribution < 1.29 is 4.39 Å². The van der Waals surface area contributed by atoms with E-state index in [-0.39, 0.29) is 0 Å². The molecule has 0 atom stereocenters. The Kier molecular flexibility index (Phi) is 2.58. The highest BCUT2D eigenvalue weighted by molar-refractivity contribution is 9.11. The lowest BCUT2D eigenvalue weighted by Crippen LogP contribution is -1.88. The predicted octanol–water partition coefficient (Wildman–Crippen LogP) is 4.21. The maximum absolute atomic E-state index is 13.0. The van der Waals surface area contributed by atoms with E-state index in [0.29, 0.717) is 5.52 Å². The first-order valence-electron chi connectivity index (χ1n) is 4.00. The molecule has 2 rings (SSSR count).